The average molecular weight is 404 g/mol. The molecule has 0 saturated carbocycles. The zero-order valence-electron chi connectivity index (χ0n) is 15.7. The van der Waals surface area contributed by atoms with Gasteiger partial charge in [0.15, 0.2) is 0 Å². The van der Waals surface area contributed by atoms with E-state index in [-0.39, 0.29) is 11.7 Å². The van der Waals surface area contributed by atoms with Crippen molar-refractivity contribution < 1.29 is 9.53 Å². The van der Waals surface area contributed by atoms with Crippen LogP contribution in [-0.4, -0.2) is 34.9 Å². The fourth-order valence-corrected chi connectivity index (χ4v) is 3.95. The maximum Gasteiger partial charge on any atom is 0.262 e. The number of aromatic nitrogens is 2. The summed E-state index contributed by atoms with van der Waals surface area (Å²) in [6.07, 6.45) is 5.41. The van der Waals surface area contributed by atoms with E-state index in [1.807, 2.05) is 60.1 Å². The molecule has 1 amide bonds. The molecular formula is C22H20N4O2S. The second-order valence-electron chi connectivity index (χ2n) is 6.71. The molecule has 1 aliphatic heterocycles. The first-order chi connectivity index (χ1) is 14.2. The predicted octanol–water partition coefficient (Wildman–Crippen LogP) is 3.80. The van der Waals surface area contributed by atoms with Crippen LogP contribution < -0.4 is 5.32 Å². The number of nitrogens with zero attached hydrogens (tertiary/aromatic N) is 3. The van der Waals surface area contributed by atoms with E-state index in [0.717, 1.165) is 41.3 Å². The van der Waals surface area contributed by atoms with E-state index < -0.39 is 5.91 Å². The van der Waals surface area contributed by atoms with Crippen LogP contribution in [0.5, 0.6) is 0 Å². The Bertz CT molecular complexity index is 1040. The van der Waals surface area contributed by atoms with E-state index in [1.54, 1.807) is 22.1 Å². The topological polar surface area (TPSA) is 79.9 Å². The minimum Gasteiger partial charge on any atom is -0.376 e. The van der Waals surface area contributed by atoms with Gasteiger partial charge >= 0.3 is 0 Å². The van der Waals surface area contributed by atoms with Crippen LogP contribution >= 0.6 is 11.3 Å². The van der Waals surface area contributed by atoms with Crippen LogP contribution in [0.4, 0.5) is 0 Å². The van der Waals surface area contributed by atoms with E-state index in [9.17, 15) is 10.1 Å². The minimum atomic E-state index is -0.396. The molecule has 2 aromatic heterocycles. The van der Waals surface area contributed by atoms with Gasteiger partial charge in [-0.3, -0.25) is 4.79 Å². The van der Waals surface area contributed by atoms with Crippen LogP contribution in [0.3, 0.4) is 0 Å². The quantitative estimate of drug-likeness (QED) is 0.501. The molecule has 0 spiro atoms. The lowest BCUT2D eigenvalue weighted by molar-refractivity contribution is -0.117. The lowest BCUT2D eigenvalue weighted by Crippen LogP contribution is -2.32. The number of thiophene rings is 1. The summed E-state index contributed by atoms with van der Waals surface area (Å²) >= 11 is 1.56. The maximum absolute atomic E-state index is 12.5. The van der Waals surface area contributed by atoms with Crippen molar-refractivity contribution in [1.29, 1.82) is 5.26 Å². The highest BCUT2D eigenvalue weighted by Gasteiger charge is 2.19. The highest BCUT2D eigenvalue weighted by molar-refractivity contribution is 7.13. The minimum absolute atomic E-state index is 0.0291. The van der Waals surface area contributed by atoms with Crippen molar-refractivity contribution in [1.82, 2.24) is 15.1 Å². The number of rotatable bonds is 6. The van der Waals surface area contributed by atoms with E-state index in [0.29, 0.717) is 6.54 Å². The first-order valence-corrected chi connectivity index (χ1v) is 10.3. The molecule has 3 heterocycles. The number of nitrogens with one attached hydrogen (secondary N) is 1. The summed E-state index contributed by atoms with van der Waals surface area (Å²) in [5.74, 6) is -0.396. The van der Waals surface area contributed by atoms with Crippen molar-refractivity contribution in [3.63, 3.8) is 0 Å². The van der Waals surface area contributed by atoms with E-state index in [2.05, 4.69) is 5.32 Å². The molecule has 6 nitrogen and oxygen atoms in total. The average Bonchev–Trinajstić information content (AvgIpc) is 3.52. The summed E-state index contributed by atoms with van der Waals surface area (Å²) in [4.78, 5) is 13.5. The molecule has 146 valence electrons. The van der Waals surface area contributed by atoms with Gasteiger partial charge in [0, 0.05) is 24.9 Å². The molecule has 0 radical (unpaired) electrons. The molecule has 4 rings (SSSR count). The van der Waals surface area contributed by atoms with Gasteiger partial charge in [0.1, 0.15) is 17.3 Å². The zero-order chi connectivity index (χ0) is 20.1. The van der Waals surface area contributed by atoms with Crippen LogP contribution in [0.2, 0.25) is 0 Å². The first-order valence-electron chi connectivity index (χ1n) is 9.45. The predicted molar refractivity (Wildman–Crippen MR) is 112 cm³/mol. The number of carbonyl (C=O) groups is 1. The smallest absolute Gasteiger partial charge is 0.262 e. The summed E-state index contributed by atoms with van der Waals surface area (Å²) in [5.41, 5.74) is 2.42. The SMILES string of the molecule is N#C/C(=C\c1cn(-c2ccccc2)nc1-c1cccs1)C(=O)NC[C@H]1CCCO1. The van der Waals surface area contributed by atoms with E-state index in [1.165, 1.54) is 0 Å². The van der Waals surface area contributed by atoms with Crippen molar-refractivity contribution in [2.24, 2.45) is 0 Å². The number of hydrogen-bond acceptors (Lipinski definition) is 5. The van der Waals surface area contributed by atoms with Crippen LogP contribution in [0, 0.1) is 11.3 Å². The molecule has 1 N–H and O–H groups in total. The van der Waals surface area contributed by atoms with E-state index in [4.69, 9.17) is 9.84 Å². The number of benzene rings is 1. The van der Waals surface area contributed by atoms with Gasteiger partial charge in [0.2, 0.25) is 0 Å². The van der Waals surface area contributed by atoms with Gasteiger partial charge in [-0.05, 0) is 42.5 Å². The summed E-state index contributed by atoms with van der Waals surface area (Å²) in [6, 6.07) is 15.7. The largest absolute Gasteiger partial charge is 0.376 e. The number of amides is 1. The van der Waals surface area contributed by atoms with Crippen molar-refractivity contribution in [3.05, 3.63) is 65.2 Å². The Hall–Kier alpha value is -3.21. The standard InChI is InChI=1S/C22H20N4O2S/c23-13-16(22(27)24-14-19-8-4-10-28-19)12-17-15-26(18-6-2-1-3-7-18)25-21(17)20-9-5-11-29-20/h1-3,5-7,9,11-12,15,19H,4,8,10,14H2,(H,24,27)/b16-12+/t19-/m1/s1. The van der Waals surface area contributed by atoms with Gasteiger partial charge in [-0.2, -0.15) is 10.4 Å². The summed E-state index contributed by atoms with van der Waals surface area (Å²) < 4.78 is 7.29. The van der Waals surface area contributed by atoms with Crippen molar-refractivity contribution in [3.8, 4) is 22.3 Å². The molecule has 0 bridgehead atoms. The van der Waals surface area contributed by atoms with Crippen molar-refractivity contribution >= 4 is 23.3 Å². The summed E-state index contributed by atoms with van der Waals surface area (Å²) in [5, 5.41) is 19.0. The van der Waals surface area contributed by atoms with Crippen LogP contribution in [0.25, 0.3) is 22.3 Å². The monoisotopic (exact) mass is 404 g/mol. The summed E-state index contributed by atoms with van der Waals surface area (Å²) in [6.45, 7) is 1.14. The Labute approximate surface area is 173 Å². The number of ether oxygens (including phenoxy) is 1. The van der Waals surface area contributed by atoms with Crippen molar-refractivity contribution in [2.45, 2.75) is 18.9 Å². The van der Waals surface area contributed by atoms with Gasteiger partial charge in [-0.1, -0.05) is 24.3 Å². The lowest BCUT2D eigenvalue weighted by Gasteiger charge is -2.10. The Kier molecular flexibility index (Phi) is 5.84. The Morgan fingerprint density at radius 3 is 2.90 bits per heavy atom. The maximum atomic E-state index is 12.5. The Morgan fingerprint density at radius 2 is 2.21 bits per heavy atom. The van der Waals surface area contributed by atoms with Gasteiger partial charge in [0.25, 0.3) is 5.91 Å². The second kappa shape index (κ2) is 8.86. The van der Waals surface area contributed by atoms with E-state index >= 15 is 0 Å². The third-order valence-corrected chi connectivity index (χ3v) is 5.57. The second-order valence-corrected chi connectivity index (χ2v) is 7.65. The molecule has 1 aromatic carbocycles. The summed E-state index contributed by atoms with van der Waals surface area (Å²) in [7, 11) is 0. The zero-order valence-corrected chi connectivity index (χ0v) is 16.6. The molecule has 0 aliphatic carbocycles. The highest BCUT2D eigenvalue weighted by atomic mass is 32.1. The molecular weight excluding hydrogens is 384 g/mol. The normalized spacial score (nSPS) is 16.5. The molecule has 1 saturated heterocycles. The van der Waals surface area contributed by atoms with Crippen LogP contribution in [0.1, 0.15) is 18.4 Å². The third kappa shape index (κ3) is 4.45. The number of hydrogen-bond donors (Lipinski definition) is 1. The van der Waals surface area contributed by atoms with Crippen molar-refractivity contribution in [2.75, 3.05) is 13.2 Å². The fraction of sp³-hybridized carbons (Fsp3) is 0.227. The molecule has 1 aliphatic rings. The lowest BCUT2D eigenvalue weighted by atomic mass is 10.1. The first kappa shape index (κ1) is 19.1. The number of para-hydroxylation sites is 1. The Morgan fingerprint density at radius 1 is 1.34 bits per heavy atom. The Balaban J connectivity index is 1.63. The third-order valence-electron chi connectivity index (χ3n) is 4.70. The van der Waals surface area contributed by atoms with Crippen LogP contribution in [-0.2, 0) is 9.53 Å². The highest BCUT2D eigenvalue weighted by Crippen LogP contribution is 2.29. The van der Waals surface area contributed by atoms with Gasteiger partial charge < -0.3 is 10.1 Å². The number of carbonyl (C=O) groups excluding carboxylic acids is 1. The molecule has 1 fully saturated rings. The molecule has 0 unspecified atom stereocenters. The molecule has 3 aromatic rings. The molecule has 7 heteroatoms. The van der Waals surface area contributed by atoms with Gasteiger partial charge in [0.05, 0.1) is 16.7 Å². The molecule has 1 atom stereocenters. The van der Waals surface area contributed by atoms with Gasteiger partial charge in [-0.15, -0.1) is 11.3 Å². The van der Waals surface area contributed by atoms with Gasteiger partial charge in [-0.25, -0.2) is 4.68 Å². The molecule has 29 heavy (non-hydrogen) atoms. The number of nitriles is 1. The van der Waals surface area contributed by atoms with Crippen LogP contribution in [0.15, 0.2) is 59.6 Å². The fourth-order valence-electron chi connectivity index (χ4n) is 3.22.